The highest BCUT2D eigenvalue weighted by molar-refractivity contribution is 5.95. The Hall–Kier alpha value is -3.36. The molecule has 35 heavy (non-hydrogen) atoms. The number of amides is 1. The van der Waals surface area contributed by atoms with Gasteiger partial charge in [-0.1, -0.05) is 18.2 Å². The highest BCUT2D eigenvalue weighted by atomic mass is 19.4. The number of aromatic nitrogens is 1. The molecular formula is C26H28F4N4O. The van der Waals surface area contributed by atoms with Crippen molar-refractivity contribution in [1.82, 2.24) is 10.3 Å². The van der Waals surface area contributed by atoms with E-state index in [2.05, 4.69) is 15.6 Å². The van der Waals surface area contributed by atoms with Crippen molar-refractivity contribution in [3.8, 4) is 0 Å². The number of fused-ring (bicyclic) bond motifs is 1. The lowest BCUT2D eigenvalue weighted by molar-refractivity contribution is -0.140. The Balaban J connectivity index is 1.34. The molecule has 1 saturated carbocycles. The van der Waals surface area contributed by atoms with Crippen LogP contribution in [0.3, 0.4) is 0 Å². The Bertz CT molecular complexity index is 1200. The number of nitrogens with one attached hydrogen (secondary N) is 2. The van der Waals surface area contributed by atoms with E-state index in [0.29, 0.717) is 28.8 Å². The predicted octanol–water partition coefficient (Wildman–Crippen LogP) is 5.86. The van der Waals surface area contributed by atoms with Gasteiger partial charge in [-0.3, -0.25) is 4.79 Å². The molecule has 1 aliphatic carbocycles. The van der Waals surface area contributed by atoms with Crippen LogP contribution >= 0.6 is 0 Å². The number of alkyl halides is 3. The number of hydrogen-bond donors (Lipinski definition) is 2. The third-order valence-corrected chi connectivity index (χ3v) is 6.46. The number of anilines is 2. The normalized spacial score (nSPS) is 18.3. The average molecular weight is 489 g/mol. The summed E-state index contributed by atoms with van der Waals surface area (Å²) in [4.78, 5) is 18.0. The Morgan fingerprint density at radius 2 is 1.77 bits per heavy atom. The molecule has 0 radical (unpaired) electrons. The summed E-state index contributed by atoms with van der Waals surface area (Å²) in [6, 6.07) is 12.2. The van der Waals surface area contributed by atoms with Crippen LogP contribution in [0.4, 0.5) is 28.9 Å². The van der Waals surface area contributed by atoms with Crippen molar-refractivity contribution in [3.05, 3.63) is 65.6 Å². The van der Waals surface area contributed by atoms with Crippen LogP contribution in [0.15, 0.2) is 48.5 Å². The Morgan fingerprint density at radius 3 is 2.43 bits per heavy atom. The van der Waals surface area contributed by atoms with E-state index >= 15 is 0 Å². The molecule has 4 rings (SSSR count). The molecule has 5 nitrogen and oxygen atoms in total. The lowest BCUT2D eigenvalue weighted by atomic mass is 9.85. The first-order valence-electron chi connectivity index (χ1n) is 11.6. The van der Waals surface area contributed by atoms with Gasteiger partial charge < -0.3 is 15.5 Å². The number of para-hydroxylation sites is 1. The second kappa shape index (κ2) is 10.1. The molecule has 1 amide bonds. The third-order valence-electron chi connectivity index (χ3n) is 6.46. The first-order valence-corrected chi connectivity index (χ1v) is 11.6. The molecule has 0 unspecified atom stereocenters. The first kappa shape index (κ1) is 24.8. The molecule has 2 N–H and O–H groups in total. The zero-order valence-corrected chi connectivity index (χ0v) is 19.6. The molecule has 1 fully saturated rings. The molecular weight excluding hydrogens is 460 g/mol. The number of hydrogen-bond acceptors (Lipinski definition) is 4. The maximum absolute atomic E-state index is 14.2. The fraction of sp³-hybridized carbons (Fsp3) is 0.385. The number of rotatable bonds is 6. The van der Waals surface area contributed by atoms with E-state index in [1.807, 2.05) is 0 Å². The summed E-state index contributed by atoms with van der Waals surface area (Å²) >= 11 is 0. The largest absolute Gasteiger partial charge is 0.433 e. The molecule has 0 spiro atoms. The van der Waals surface area contributed by atoms with Gasteiger partial charge >= 0.3 is 6.18 Å². The van der Waals surface area contributed by atoms with Crippen molar-refractivity contribution in [2.75, 3.05) is 30.9 Å². The molecule has 1 aliphatic rings. The standard InChI is InChI=1S/C26H28F4N4O/c1-34(2)23-12-9-17(13-20(23)27)25(35)32-18-10-7-16(8-11-18)15-31-22-14-24(26(28,29)30)33-21-6-4-3-5-19(21)22/h3-6,9,12-14,16,18H,7-8,10-11,15H2,1-2H3,(H,31,33)(H,32,35). The van der Waals surface area contributed by atoms with Crippen LogP contribution < -0.4 is 15.5 Å². The van der Waals surface area contributed by atoms with E-state index in [1.165, 1.54) is 6.07 Å². The SMILES string of the molecule is CN(C)c1ccc(C(=O)NC2CCC(CNc3cc(C(F)(F)F)nc4ccccc34)CC2)cc1F. The number of benzene rings is 2. The Kier molecular flexibility index (Phi) is 7.14. The highest BCUT2D eigenvalue weighted by Crippen LogP contribution is 2.34. The third kappa shape index (κ3) is 5.83. The molecule has 2 aromatic carbocycles. The lowest BCUT2D eigenvalue weighted by Crippen LogP contribution is -2.38. The van der Waals surface area contributed by atoms with Gasteiger partial charge in [0.05, 0.1) is 11.2 Å². The van der Waals surface area contributed by atoms with E-state index in [9.17, 15) is 22.4 Å². The molecule has 1 aromatic heterocycles. The monoisotopic (exact) mass is 488 g/mol. The van der Waals surface area contributed by atoms with Crippen LogP contribution in [0, 0.1) is 11.7 Å². The molecule has 0 bridgehead atoms. The van der Waals surface area contributed by atoms with Crippen molar-refractivity contribution in [3.63, 3.8) is 0 Å². The molecule has 1 heterocycles. The van der Waals surface area contributed by atoms with Crippen LogP contribution in [0.5, 0.6) is 0 Å². The predicted molar refractivity (Wildman–Crippen MR) is 129 cm³/mol. The van der Waals surface area contributed by atoms with Gasteiger partial charge in [-0.05, 0) is 61.9 Å². The summed E-state index contributed by atoms with van der Waals surface area (Å²) in [5, 5.41) is 6.83. The van der Waals surface area contributed by atoms with Crippen LogP contribution in [0.25, 0.3) is 10.9 Å². The minimum absolute atomic E-state index is 0.0195. The van der Waals surface area contributed by atoms with Crippen molar-refractivity contribution in [1.29, 1.82) is 0 Å². The van der Waals surface area contributed by atoms with Crippen LogP contribution in [-0.4, -0.2) is 37.6 Å². The van der Waals surface area contributed by atoms with Gasteiger partial charge in [0, 0.05) is 43.3 Å². The molecule has 0 atom stereocenters. The minimum Gasteiger partial charge on any atom is -0.384 e. The summed E-state index contributed by atoms with van der Waals surface area (Å²) in [7, 11) is 3.47. The van der Waals surface area contributed by atoms with Gasteiger partial charge in [0.15, 0.2) is 0 Å². The number of halogens is 4. The van der Waals surface area contributed by atoms with Gasteiger partial charge in [0.1, 0.15) is 11.5 Å². The lowest BCUT2D eigenvalue weighted by Gasteiger charge is -2.29. The average Bonchev–Trinajstić information content (AvgIpc) is 2.82. The number of nitrogens with zero attached hydrogens (tertiary/aromatic N) is 2. The molecule has 186 valence electrons. The van der Waals surface area contributed by atoms with Crippen molar-refractivity contribution in [2.24, 2.45) is 5.92 Å². The number of pyridine rings is 1. The van der Waals surface area contributed by atoms with Crippen LogP contribution in [-0.2, 0) is 6.18 Å². The zero-order valence-electron chi connectivity index (χ0n) is 19.6. The molecule has 9 heteroatoms. The van der Waals surface area contributed by atoms with Gasteiger partial charge in [0.25, 0.3) is 5.91 Å². The second-order valence-corrected chi connectivity index (χ2v) is 9.20. The Morgan fingerprint density at radius 1 is 1.06 bits per heavy atom. The summed E-state index contributed by atoms with van der Waals surface area (Å²) < 4.78 is 54.1. The van der Waals surface area contributed by atoms with Gasteiger partial charge in [-0.25, -0.2) is 9.37 Å². The summed E-state index contributed by atoms with van der Waals surface area (Å²) in [5.74, 6) is -0.491. The molecule has 3 aromatic rings. The van der Waals surface area contributed by atoms with E-state index in [4.69, 9.17) is 0 Å². The number of carbonyl (C=O) groups excluding carboxylic acids is 1. The Labute approximate surface area is 201 Å². The smallest absolute Gasteiger partial charge is 0.384 e. The fourth-order valence-electron chi connectivity index (χ4n) is 4.51. The number of carbonyl (C=O) groups is 1. The highest BCUT2D eigenvalue weighted by Gasteiger charge is 2.33. The van der Waals surface area contributed by atoms with E-state index in [0.717, 1.165) is 31.7 Å². The quantitative estimate of drug-likeness (QED) is 0.427. The molecule has 0 aliphatic heterocycles. The van der Waals surface area contributed by atoms with E-state index < -0.39 is 17.7 Å². The van der Waals surface area contributed by atoms with Gasteiger partial charge in [-0.15, -0.1) is 0 Å². The second-order valence-electron chi connectivity index (χ2n) is 9.20. The van der Waals surface area contributed by atoms with Crippen LogP contribution in [0.1, 0.15) is 41.7 Å². The summed E-state index contributed by atoms with van der Waals surface area (Å²) in [5.41, 5.74) is 0.494. The van der Waals surface area contributed by atoms with Crippen molar-refractivity contribution in [2.45, 2.75) is 37.9 Å². The minimum atomic E-state index is -4.52. The van der Waals surface area contributed by atoms with Gasteiger partial charge in [-0.2, -0.15) is 13.2 Å². The first-order chi connectivity index (χ1) is 16.6. The fourth-order valence-corrected chi connectivity index (χ4v) is 4.51. The maximum atomic E-state index is 14.2. The van der Waals surface area contributed by atoms with E-state index in [-0.39, 0.29) is 23.4 Å². The molecule has 0 saturated heterocycles. The van der Waals surface area contributed by atoms with Crippen molar-refractivity contribution >= 4 is 28.2 Å². The maximum Gasteiger partial charge on any atom is 0.433 e. The van der Waals surface area contributed by atoms with Crippen molar-refractivity contribution < 1.29 is 22.4 Å². The van der Waals surface area contributed by atoms with E-state index in [1.54, 1.807) is 55.4 Å². The summed E-state index contributed by atoms with van der Waals surface area (Å²) in [6.07, 6.45) is -1.38. The summed E-state index contributed by atoms with van der Waals surface area (Å²) in [6.45, 7) is 0.531. The van der Waals surface area contributed by atoms with Gasteiger partial charge in [0.2, 0.25) is 0 Å². The van der Waals surface area contributed by atoms with Crippen LogP contribution in [0.2, 0.25) is 0 Å². The zero-order chi connectivity index (χ0) is 25.2. The topological polar surface area (TPSA) is 57.3 Å².